The SMILES string of the molecule is CC1([N+](=O)[O-])COC(CCc2ccccc2)OC1. The number of ether oxygens (including phenoxy) is 2. The molecule has 0 N–H and O–H groups in total. The minimum absolute atomic E-state index is 0.111. The summed E-state index contributed by atoms with van der Waals surface area (Å²) in [6.45, 7) is 1.76. The molecule has 0 radical (unpaired) electrons. The lowest BCUT2D eigenvalue weighted by atomic mass is 10.1. The second-order valence-corrected chi connectivity index (χ2v) is 4.83. The molecule has 2 rings (SSSR count). The van der Waals surface area contributed by atoms with Gasteiger partial charge in [-0.15, -0.1) is 0 Å². The smallest absolute Gasteiger partial charge is 0.265 e. The lowest BCUT2D eigenvalue weighted by Crippen LogP contribution is -2.50. The Morgan fingerprint density at radius 2 is 1.94 bits per heavy atom. The highest BCUT2D eigenvalue weighted by atomic mass is 16.7. The van der Waals surface area contributed by atoms with Gasteiger partial charge in [0.1, 0.15) is 13.2 Å². The fraction of sp³-hybridized carbons (Fsp3) is 0.538. The number of benzene rings is 1. The number of aryl methyl sites for hydroxylation is 1. The van der Waals surface area contributed by atoms with E-state index in [1.165, 1.54) is 5.56 Å². The minimum atomic E-state index is -1.11. The van der Waals surface area contributed by atoms with E-state index >= 15 is 0 Å². The second kappa shape index (κ2) is 5.46. The summed E-state index contributed by atoms with van der Waals surface area (Å²) in [5, 5.41) is 10.8. The minimum Gasteiger partial charge on any atom is -0.345 e. The van der Waals surface area contributed by atoms with E-state index < -0.39 is 5.54 Å². The van der Waals surface area contributed by atoms with Crippen LogP contribution < -0.4 is 0 Å². The molecule has 1 aliphatic rings. The van der Waals surface area contributed by atoms with Crippen LogP contribution in [0.3, 0.4) is 0 Å². The standard InChI is InChI=1S/C13H17NO4/c1-13(14(15)16)9-17-12(18-10-13)8-7-11-5-3-2-4-6-11/h2-6,12H,7-10H2,1H3. The Morgan fingerprint density at radius 1 is 1.33 bits per heavy atom. The Hall–Kier alpha value is -1.46. The highest BCUT2D eigenvalue weighted by Crippen LogP contribution is 2.21. The van der Waals surface area contributed by atoms with Crippen molar-refractivity contribution in [2.24, 2.45) is 0 Å². The van der Waals surface area contributed by atoms with Crippen LogP contribution in [0.1, 0.15) is 18.9 Å². The average molecular weight is 251 g/mol. The first-order valence-corrected chi connectivity index (χ1v) is 6.02. The van der Waals surface area contributed by atoms with Crippen LogP contribution in [-0.4, -0.2) is 30.0 Å². The molecule has 1 aromatic rings. The lowest BCUT2D eigenvalue weighted by Gasteiger charge is -2.31. The van der Waals surface area contributed by atoms with Gasteiger partial charge in [-0.3, -0.25) is 10.1 Å². The Kier molecular flexibility index (Phi) is 3.93. The van der Waals surface area contributed by atoms with E-state index in [9.17, 15) is 10.1 Å². The summed E-state index contributed by atoms with van der Waals surface area (Å²) in [7, 11) is 0. The average Bonchev–Trinajstić information content (AvgIpc) is 2.39. The van der Waals surface area contributed by atoms with Gasteiger partial charge >= 0.3 is 0 Å². The number of hydrogen-bond donors (Lipinski definition) is 0. The molecule has 98 valence electrons. The fourth-order valence-electron chi connectivity index (χ4n) is 1.84. The van der Waals surface area contributed by atoms with E-state index in [0.717, 1.165) is 12.8 Å². The zero-order valence-electron chi connectivity index (χ0n) is 10.4. The van der Waals surface area contributed by atoms with Crippen molar-refractivity contribution < 1.29 is 14.4 Å². The molecule has 1 fully saturated rings. The summed E-state index contributed by atoms with van der Waals surface area (Å²) in [4.78, 5) is 10.5. The Balaban J connectivity index is 1.79. The van der Waals surface area contributed by atoms with Gasteiger partial charge in [-0.1, -0.05) is 30.3 Å². The van der Waals surface area contributed by atoms with E-state index in [0.29, 0.717) is 0 Å². The molecule has 1 aliphatic heterocycles. The largest absolute Gasteiger partial charge is 0.345 e. The molecule has 0 aromatic heterocycles. The zero-order valence-corrected chi connectivity index (χ0v) is 10.4. The van der Waals surface area contributed by atoms with Crippen molar-refractivity contribution in [2.45, 2.75) is 31.6 Å². The van der Waals surface area contributed by atoms with E-state index in [1.54, 1.807) is 6.92 Å². The van der Waals surface area contributed by atoms with E-state index in [2.05, 4.69) is 0 Å². The van der Waals surface area contributed by atoms with Crippen LogP contribution in [0.15, 0.2) is 30.3 Å². The van der Waals surface area contributed by atoms with Crippen molar-refractivity contribution in [3.8, 4) is 0 Å². The molecule has 5 nitrogen and oxygen atoms in total. The molecular formula is C13H17NO4. The number of nitrogens with zero attached hydrogens (tertiary/aromatic N) is 1. The predicted octanol–water partition coefficient (Wildman–Crippen LogP) is 2.03. The molecule has 0 saturated carbocycles. The first-order valence-electron chi connectivity index (χ1n) is 6.02. The zero-order chi connectivity index (χ0) is 13.0. The normalized spacial score (nSPS) is 27.9. The molecule has 0 bridgehead atoms. The number of nitro groups is 1. The van der Waals surface area contributed by atoms with Crippen molar-refractivity contribution in [3.63, 3.8) is 0 Å². The molecule has 5 heteroatoms. The van der Waals surface area contributed by atoms with Crippen LogP contribution in [0.5, 0.6) is 0 Å². The fourth-order valence-corrected chi connectivity index (χ4v) is 1.84. The topological polar surface area (TPSA) is 61.6 Å². The van der Waals surface area contributed by atoms with Crippen LogP contribution in [0, 0.1) is 10.1 Å². The van der Waals surface area contributed by atoms with Gasteiger partial charge in [-0.2, -0.15) is 0 Å². The molecular weight excluding hydrogens is 234 g/mol. The first-order chi connectivity index (χ1) is 8.60. The van der Waals surface area contributed by atoms with Gasteiger partial charge in [0.15, 0.2) is 6.29 Å². The van der Waals surface area contributed by atoms with Gasteiger partial charge in [0.05, 0.1) is 0 Å². The summed E-state index contributed by atoms with van der Waals surface area (Å²) in [6.07, 6.45) is 1.23. The van der Waals surface area contributed by atoms with Gasteiger partial charge in [0.2, 0.25) is 0 Å². The van der Waals surface area contributed by atoms with Crippen molar-refractivity contribution in [1.29, 1.82) is 0 Å². The summed E-state index contributed by atoms with van der Waals surface area (Å²) < 4.78 is 10.8. The third kappa shape index (κ3) is 3.05. The maximum absolute atomic E-state index is 10.8. The molecule has 0 aliphatic carbocycles. The molecule has 1 heterocycles. The first kappa shape index (κ1) is 13.0. The molecule has 1 saturated heterocycles. The third-order valence-electron chi connectivity index (χ3n) is 3.11. The Bertz CT molecular complexity index is 399. The van der Waals surface area contributed by atoms with Gasteiger partial charge in [0.25, 0.3) is 5.54 Å². The predicted molar refractivity (Wildman–Crippen MR) is 65.9 cm³/mol. The summed E-state index contributed by atoms with van der Waals surface area (Å²) >= 11 is 0. The number of rotatable bonds is 4. The van der Waals surface area contributed by atoms with Crippen molar-refractivity contribution >= 4 is 0 Å². The van der Waals surface area contributed by atoms with Crippen LogP contribution in [0.4, 0.5) is 0 Å². The Labute approximate surface area is 106 Å². The van der Waals surface area contributed by atoms with Crippen molar-refractivity contribution in [3.05, 3.63) is 46.0 Å². The molecule has 18 heavy (non-hydrogen) atoms. The van der Waals surface area contributed by atoms with Crippen molar-refractivity contribution in [1.82, 2.24) is 0 Å². The van der Waals surface area contributed by atoms with E-state index in [-0.39, 0.29) is 24.4 Å². The van der Waals surface area contributed by atoms with E-state index in [1.807, 2.05) is 30.3 Å². The highest BCUT2D eigenvalue weighted by molar-refractivity contribution is 5.14. The monoisotopic (exact) mass is 251 g/mol. The van der Waals surface area contributed by atoms with Crippen LogP contribution >= 0.6 is 0 Å². The molecule has 1 aromatic carbocycles. The second-order valence-electron chi connectivity index (χ2n) is 4.83. The quantitative estimate of drug-likeness (QED) is 0.606. The molecule has 0 amide bonds. The highest BCUT2D eigenvalue weighted by Gasteiger charge is 2.43. The summed E-state index contributed by atoms with van der Waals surface area (Å²) in [5.41, 5.74) is 0.107. The molecule has 0 atom stereocenters. The number of hydrogen-bond acceptors (Lipinski definition) is 4. The van der Waals surface area contributed by atoms with Gasteiger partial charge in [-0.25, -0.2) is 0 Å². The summed E-state index contributed by atoms with van der Waals surface area (Å²) in [5.74, 6) is 0. The van der Waals surface area contributed by atoms with Crippen LogP contribution in [-0.2, 0) is 15.9 Å². The van der Waals surface area contributed by atoms with Gasteiger partial charge < -0.3 is 9.47 Å². The van der Waals surface area contributed by atoms with Gasteiger partial charge in [-0.05, 0) is 12.0 Å². The molecule has 0 unspecified atom stereocenters. The molecule has 0 spiro atoms. The van der Waals surface area contributed by atoms with Crippen molar-refractivity contribution in [2.75, 3.05) is 13.2 Å². The lowest BCUT2D eigenvalue weighted by molar-refractivity contribution is -0.586. The van der Waals surface area contributed by atoms with Crippen LogP contribution in [0.25, 0.3) is 0 Å². The van der Waals surface area contributed by atoms with Crippen LogP contribution in [0.2, 0.25) is 0 Å². The third-order valence-corrected chi connectivity index (χ3v) is 3.11. The van der Waals surface area contributed by atoms with E-state index in [4.69, 9.17) is 9.47 Å². The summed E-state index contributed by atoms with van der Waals surface area (Å²) in [6, 6.07) is 10.0. The van der Waals surface area contributed by atoms with Gasteiger partial charge in [0, 0.05) is 18.3 Å². The maximum atomic E-state index is 10.8. The maximum Gasteiger partial charge on any atom is 0.265 e. The Morgan fingerprint density at radius 3 is 2.50 bits per heavy atom.